The minimum atomic E-state index is 0.531. The van der Waals surface area contributed by atoms with Crippen LogP contribution in [0.2, 0.25) is 0 Å². The molecule has 1 aromatic rings. The Hall–Kier alpha value is -1.31. The number of nitrogens with zero attached hydrogens (tertiary/aromatic N) is 1. The number of unbranched alkanes of at least 4 members (excludes halogenated alkanes) is 2. The van der Waals surface area contributed by atoms with E-state index in [1.807, 2.05) is 0 Å². The molecule has 0 fully saturated rings. The molecule has 2 nitrogen and oxygen atoms in total. The smallest absolute Gasteiger partial charge is 0.142 e. The van der Waals surface area contributed by atoms with Gasteiger partial charge >= 0.3 is 0 Å². The van der Waals surface area contributed by atoms with Crippen molar-refractivity contribution in [3.8, 4) is 0 Å². The van der Waals surface area contributed by atoms with Crippen molar-refractivity contribution in [2.45, 2.75) is 46.1 Å². The summed E-state index contributed by atoms with van der Waals surface area (Å²) in [5.41, 5.74) is 2.50. The van der Waals surface area contributed by atoms with Crippen molar-refractivity contribution in [1.82, 2.24) is 0 Å². The van der Waals surface area contributed by atoms with Gasteiger partial charge in [0, 0.05) is 0 Å². The lowest BCUT2D eigenvalue weighted by Crippen LogP contribution is -1.88. The van der Waals surface area contributed by atoms with Gasteiger partial charge in [0.15, 0.2) is 0 Å². The van der Waals surface area contributed by atoms with Crippen LogP contribution in [0.25, 0.3) is 0 Å². The van der Waals surface area contributed by atoms with Crippen LogP contribution in [0.1, 0.15) is 44.2 Å². The summed E-state index contributed by atoms with van der Waals surface area (Å²) in [6.07, 6.45) is 7.13. The van der Waals surface area contributed by atoms with Crippen molar-refractivity contribution in [3.63, 3.8) is 0 Å². The van der Waals surface area contributed by atoms with Crippen LogP contribution in [-0.2, 0) is 17.9 Å². The fourth-order valence-electron chi connectivity index (χ4n) is 1.33. The summed E-state index contributed by atoms with van der Waals surface area (Å²) in [6.45, 7) is 4.83. The minimum absolute atomic E-state index is 0.531. The van der Waals surface area contributed by atoms with E-state index < -0.39 is 0 Å². The summed E-state index contributed by atoms with van der Waals surface area (Å²) in [7, 11) is 0. The molecule has 1 aromatic carbocycles. The van der Waals surface area contributed by atoms with Crippen LogP contribution in [-0.4, -0.2) is 6.21 Å². The van der Waals surface area contributed by atoms with E-state index in [4.69, 9.17) is 4.84 Å². The molecule has 0 aliphatic carbocycles. The zero-order valence-corrected chi connectivity index (χ0v) is 10.2. The quantitative estimate of drug-likeness (QED) is 0.387. The minimum Gasteiger partial charge on any atom is -0.391 e. The maximum Gasteiger partial charge on any atom is 0.142 e. The third-order valence-electron chi connectivity index (χ3n) is 2.43. The molecule has 1 rings (SSSR count). The Bertz CT molecular complexity index is 303. The SMILES string of the molecule is CCCC/[C]=N/OCc1ccc(CC)cc1. The molecule has 0 unspecified atom stereocenters. The molecule has 2 heteroatoms. The molecule has 87 valence electrons. The predicted molar refractivity (Wildman–Crippen MR) is 67.6 cm³/mol. The molecule has 1 radical (unpaired) electrons. The van der Waals surface area contributed by atoms with Crippen molar-refractivity contribution in [2.24, 2.45) is 5.16 Å². The maximum atomic E-state index is 5.15. The van der Waals surface area contributed by atoms with Gasteiger partial charge in [-0.15, -0.1) is 0 Å². The molecular formula is C14H20NO. The first-order valence-electron chi connectivity index (χ1n) is 5.99. The van der Waals surface area contributed by atoms with Gasteiger partial charge in [-0.3, -0.25) is 0 Å². The molecule has 0 bridgehead atoms. The molecule has 0 saturated heterocycles. The fraction of sp³-hybridized carbons (Fsp3) is 0.500. The number of hydrogen-bond acceptors (Lipinski definition) is 2. The van der Waals surface area contributed by atoms with Crippen molar-refractivity contribution in [1.29, 1.82) is 0 Å². The van der Waals surface area contributed by atoms with E-state index in [-0.39, 0.29) is 0 Å². The van der Waals surface area contributed by atoms with E-state index in [0.717, 1.165) is 24.8 Å². The van der Waals surface area contributed by atoms with Gasteiger partial charge in [0.2, 0.25) is 0 Å². The third kappa shape index (κ3) is 4.96. The highest BCUT2D eigenvalue weighted by molar-refractivity contribution is 5.56. The molecule has 16 heavy (non-hydrogen) atoms. The van der Waals surface area contributed by atoms with Gasteiger partial charge in [0.05, 0.1) is 0 Å². The zero-order chi connectivity index (χ0) is 11.6. The van der Waals surface area contributed by atoms with E-state index in [9.17, 15) is 0 Å². The molecule has 0 spiro atoms. The Balaban J connectivity index is 2.23. The second-order valence-electron chi connectivity index (χ2n) is 3.80. The Labute approximate surface area is 98.3 Å². The largest absolute Gasteiger partial charge is 0.391 e. The standard InChI is InChI=1S/C14H20NO/c1-3-5-6-11-15-16-12-14-9-7-13(4-2)8-10-14/h7-10H,3-6,12H2,1-2H3. The van der Waals surface area contributed by atoms with E-state index in [1.165, 1.54) is 12.0 Å². The summed E-state index contributed by atoms with van der Waals surface area (Å²) >= 11 is 0. The first kappa shape index (κ1) is 12.8. The molecule has 0 amide bonds. The summed E-state index contributed by atoms with van der Waals surface area (Å²) in [6, 6.07) is 8.42. The highest BCUT2D eigenvalue weighted by atomic mass is 16.6. The van der Waals surface area contributed by atoms with Gasteiger partial charge in [0.1, 0.15) is 12.8 Å². The summed E-state index contributed by atoms with van der Waals surface area (Å²) in [5.74, 6) is 0. The lowest BCUT2D eigenvalue weighted by molar-refractivity contribution is 0.131. The number of benzene rings is 1. The molecule has 0 aliphatic heterocycles. The van der Waals surface area contributed by atoms with Gasteiger partial charge in [-0.2, -0.15) is 0 Å². The first-order chi connectivity index (χ1) is 7.86. The molecule has 0 aliphatic rings. The van der Waals surface area contributed by atoms with E-state index in [2.05, 4.69) is 49.5 Å². The van der Waals surface area contributed by atoms with Crippen molar-refractivity contribution in [3.05, 3.63) is 35.4 Å². The summed E-state index contributed by atoms with van der Waals surface area (Å²) in [5, 5.41) is 3.80. The molecule has 0 saturated carbocycles. The van der Waals surface area contributed by atoms with Crippen molar-refractivity contribution in [2.75, 3.05) is 0 Å². The van der Waals surface area contributed by atoms with Gasteiger partial charge in [-0.05, 0) is 30.4 Å². The van der Waals surface area contributed by atoms with Crippen LogP contribution in [0, 0.1) is 0 Å². The molecule has 0 aromatic heterocycles. The lowest BCUT2D eigenvalue weighted by atomic mass is 10.1. The Morgan fingerprint density at radius 3 is 2.44 bits per heavy atom. The lowest BCUT2D eigenvalue weighted by Gasteiger charge is -2.01. The predicted octanol–water partition coefficient (Wildman–Crippen LogP) is 3.82. The normalized spacial score (nSPS) is 10.9. The van der Waals surface area contributed by atoms with E-state index >= 15 is 0 Å². The number of rotatable bonds is 7. The van der Waals surface area contributed by atoms with Gasteiger partial charge in [-0.25, -0.2) is 0 Å². The fourth-order valence-corrected chi connectivity index (χ4v) is 1.33. The molecule has 0 N–H and O–H groups in total. The van der Waals surface area contributed by atoms with E-state index in [0.29, 0.717) is 6.61 Å². The molecule has 0 atom stereocenters. The highest BCUT2D eigenvalue weighted by Gasteiger charge is 1.93. The first-order valence-corrected chi connectivity index (χ1v) is 5.99. The Morgan fingerprint density at radius 1 is 1.12 bits per heavy atom. The molecular weight excluding hydrogens is 198 g/mol. The molecule has 0 heterocycles. The monoisotopic (exact) mass is 218 g/mol. The topological polar surface area (TPSA) is 21.6 Å². The Kier molecular flexibility index (Phi) is 6.31. The third-order valence-corrected chi connectivity index (χ3v) is 2.43. The number of aryl methyl sites for hydroxylation is 1. The second kappa shape index (κ2) is 7.91. The van der Waals surface area contributed by atoms with Crippen molar-refractivity contribution < 1.29 is 4.84 Å². The van der Waals surface area contributed by atoms with Crippen LogP contribution in [0.4, 0.5) is 0 Å². The van der Waals surface area contributed by atoms with Crippen LogP contribution in [0.3, 0.4) is 0 Å². The van der Waals surface area contributed by atoms with Crippen LogP contribution < -0.4 is 0 Å². The van der Waals surface area contributed by atoms with Crippen molar-refractivity contribution >= 4 is 6.21 Å². The van der Waals surface area contributed by atoms with Gasteiger partial charge < -0.3 is 4.84 Å². The van der Waals surface area contributed by atoms with E-state index in [1.54, 1.807) is 0 Å². The zero-order valence-electron chi connectivity index (χ0n) is 10.2. The summed E-state index contributed by atoms with van der Waals surface area (Å²) in [4.78, 5) is 5.15. The van der Waals surface area contributed by atoms with Crippen LogP contribution in [0.5, 0.6) is 0 Å². The number of hydrogen-bond donors (Lipinski definition) is 0. The van der Waals surface area contributed by atoms with Crippen LogP contribution >= 0.6 is 0 Å². The maximum absolute atomic E-state index is 5.15. The highest BCUT2D eigenvalue weighted by Crippen LogP contribution is 2.06. The average Bonchev–Trinajstić information content (AvgIpc) is 2.34. The average molecular weight is 218 g/mol. The van der Waals surface area contributed by atoms with Gasteiger partial charge in [0.25, 0.3) is 0 Å². The Morgan fingerprint density at radius 2 is 1.81 bits per heavy atom. The van der Waals surface area contributed by atoms with Gasteiger partial charge in [-0.1, -0.05) is 49.7 Å². The summed E-state index contributed by atoms with van der Waals surface area (Å²) < 4.78 is 0. The second-order valence-corrected chi connectivity index (χ2v) is 3.80. The van der Waals surface area contributed by atoms with Crippen LogP contribution in [0.15, 0.2) is 29.4 Å².